The second-order valence-corrected chi connectivity index (χ2v) is 8.32. The van der Waals surface area contributed by atoms with Crippen LogP contribution in [-0.4, -0.2) is 0 Å². The van der Waals surface area contributed by atoms with Gasteiger partial charge in [-0.15, -0.1) is 0 Å². The molecule has 26 heavy (non-hydrogen) atoms. The van der Waals surface area contributed by atoms with E-state index in [-0.39, 0.29) is 5.92 Å². The van der Waals surface area contributed by atoms with E-state index < -0.39 is 11.6 Å². The Morgan fingerprint density at radius 1 is 0.769 bits per heavy atom. The Hall–Kier alpha value is -0.920. The van der Waals surface area contributed by atoms with Crippen molar-refractivity contribution < 1.29 is 8.78 Å². The van der Waals surface area contributed by atoms with Gasteiger partial charge in [-0.2, -0.15) is 0 Å². The molecule has 0 amide bonds. The lowest BCUT2D eigenvalue weighted by Gasteiger charge is -2.29. The van der Waals surface area contributed by atoms with E-state index in [9.17, 15) is 8.78 Å². The molecule has 1 aromatic rings. The maximum atomic E-state index is 14.6. The highest BCUT2D eigenvalue weighted by molar-refractivity contribution is 5.29. The molecule has 0 aromatic heterocycles. The zero-order chi connectivity index (χ0) is 18.8. The second-order valence-electron chi connectivity index (χ2n) is 8.32. The maximum absolute atomic E-state index is 14.6. The van der Waals surface area contributed by atoms with Crippen LogP contribution in [0.3, 0.4) is 0 Å². The molecule has 148 valence electrons. The molecule has 2 heteroatoms. The highest BCUT2D eigenvalue weighted by Crippen LogP contribution is 2.39. The van der Waals surface area contributed by atoms with E-state index in [1.807, 2.05) is 12.1 Å². The molecule has 0 atom stereocenters. The Balaban J connectivity index is 1.82. The molecular weight excluding hydrogens is 326 g/mol. The van der Waals surface area contributed by atoms with E-state index in [0.29, 0.717) is 17.5 Å². The zero-order valence-corrected chi connectivity index (χ0v) is 17.0. The van der Waals surface area contributed by atoms with Crippen LogP contribution in [0, 0.1) is 17.6 Å². The van der Waals surface area contributed by atoms with Crippen molar-refractivity contribution in [3.8, 4) is 0 Å². The highest BCUT2D eigenvalue weighted by Gasteiger charge is 2.26. The fourth-order valence-electron chi connectivity index (χ4n) is 4.48. The minimum atomic E-state index is -0.586. The van der Waals surface area contributed by atoms with Gasteiger partial charge in [0.1, 0.15) is 0 Å². The third-order valence-corrected chi connectivity index (χ3v) is 6.24. The number of aryl methyl sites for hydroxylation is 1. The van der Waals surface area contributed by atoms with Crippen LogP contribution in [0.15, 0.2) is 12.1 Å². The molecule has 0 N–H and O–H groups in total. The molecule has 1 aromatic carbocycles. The van der Waals surface area contributed by atoms with Crippen LogP contribution in [-0.2, 0) is 6.42 Å². The lowest BCUT2D eigenvalue weighted by atomic mass is 9.76. The fraction of sp³-hybridized carbons (Fsp3) is 0.750. The molecule has 0 saturated heterocycles. The highest BCUT2D eigenvalue weighted by atomic mass is 19.2. The van der Waals surface area contributed by atoms with Crippen molar-refractivity contribution in [2.75, 3.05) is 0 Å². The molecule has 0 aliphatic heterocycles. The monoisotopic (exact) mass is 364 g/mol. The summed E-state index contributed by atoms with van der Waals surface area (Å²) in [4.78, 5) is 0. The molecule has 0 nitrogen and oxygen atoms in total. The van der Waals surface area contributed by atoms with Gasteiger partial charge >= 0.3 is 0 Å². The number of rotatable bonds is 11. The Bertz CT molecular complexity index is 515. The summed E-state index contributed by atoms with van der Waals surface area (Å²) in [6.45, 7) is 4.38. The van der Waals surface area contributed by atoms with E-state index in [1.165, 1.54) is 51.4 Å². The third-order valence-electron chi connectivity index (χ3n) is 6.24. The van der Waals surface area contributed by atoms with E-state index in [0.717, 1.165) is 38.0 Å². The van der Waals surface area contributed by atoms with Gasteiger partial charge in [-0.25, -0.2) is 8.78 Å². The van der Waals surface area contributed by atoms with Gasteiger partial charge in [0.15, 0.2) is 11.6 Å². The molecule has 0 unspecified atom stereocenters. The number of halogens is 2. The molecule has 1 fully saturated rings. The van der Waals surface area contributed by atoms with Gasteiger partial charge in [0.05, 0.1) is 0 Å². The maximum Gasteiger partial charge on any atom is 0.162 e. The average Bonchev–Trinajstić information content (AvgIpc) is 2.66. The minimum absolute atomic E-state index is 0.213. The van der Waals surface area contributed by atoms with Crippen LogP contribution in [0.1, 0.15) is 114 Å². The summed E-state index contributed by atoms with van der Waals surface area (Å²) in [5.74, 6) is -0.140. The Morgan fingerprint density at radius 3 is 2.12 bits per heavy atom. The van der Waals surface area contributed by atoms with Crippen molar-refractivity contribution in [1.29, 1.82) is 0 Å². The van der Waals surface area contributed by atoms with Crippen LogP contribution in [0.2, 0.25) is 0 Å². The summed E-state index contributed by atoms with van der Waals surface area (Å²) >= 11 is 0. The van der Waals surface area contributed by atoms with Gasteiger partial charge in [-0.3, -0.25) is 0 Å². The largest absolute Gasteiger partial charge is 0.203 e. The van der Waals surface area contributed by atoms with E-state index in [4.69, 9.17) is 0 Å². The van der Waals surface area contributed by atoms with Gasteiger partial charge in [0.25, 0.3) is 0 Å². The Kier molecular flexibility index (Phi) is 9.64. The summed E-state index contributed by atoms with van der Waals surface area (Å²) in [5, 5.41) is 0. The molecular formula is C24H38F2. The normalized spacial score (nSPS) is 20.5. The molecule has 0 radical (unpaired) electrons. The molecule has 0 heterocycles. The first kappa shape index (κ1) is 21.4. The van der Waals surface area contributed by atoms with Crippen molar-refractivity contribution in [3.05, 3.63) is 34.9 Å². The first-order valence-corrected chi connectivity index (χ1v) is 11.1. The number of benzene rings is 1. The van der Waals surface area contributed by atoms with Crippen molar-refractivity contribution in [3.63, 3.8) is 0 Å². The van der Waals surface area contributed by atoms with Crippen molar-refractivity contribution in [2.45, 2.75) is 110 Å². The molecule has 1 aliphatic rings. The average molecular weight is 365 g/mol. The van der Waals surface area contributed by atoms with E-state index in [2.05, 4.69) is 13.8 Å². The predicted molar refractivity (Wildman–Crippen MR) is 108 cm³/mol. The van der Waals surface area contributed by atoms with Crippen LogP contribution in [0.5, 0.6) is 0 Å². The molecule has 1 saturated carbocycles. The smallest absolute Gasteiger partial charge is 0.162 e. The predicted octanol–water partition coefficient (Wildman–Crippen LogP) is 8.33. The second kappa shape index (κ2) is 11.7. The van der Waals surface area contributed by atoms with Gasteiger partial charge in [0.2, 0.25) is 0 Å². The van der Waals surface area contributed by atoms with Gasteiger partial charge in [0, 0.05) is 0 Å². The summed E-state index contributed by atoms with van der Waals surface area (Å²) in [6, 6.07) is 3.71. The molecule has 0 spiro atoms. The zero-order valence-electron chi connectivity index (χ0n) is 17.0. The van der Waals surface area contributed by atoms with Crippen molar-refractivity contribution in [2.24, 2.45) is 5.92 Å². The van der Waals surface area contributed by atoms with Gasteiger partial charge in [-0.1, -0.05) is 77.3 Å². The Morgan fingerprint density at radius 2 is 1.42 bits per heavy atom. The minimum Gasteiger partial charge on any atom is -0.203 e. The van der Waals surface area contributed by atoms with Crippen molar-refractivity contribution >= 4 is 0 Å². The summed E-state index contributed by atoms with van der Waals surface area (Å²) in [5.41, 5.74) is 1.18. The quantitative estimate of drug-likeness (QED) is 0.346. The number of hydrogen-bond donors (Lipinski definition) is 0. The Labute approximate surface area is 159 Å². The fourth-order valence-corrected chi connectivity index (χ4v) is 4.48. The van der Waals surface area contributed by atoms with Crippen molar-refractivity contribution in [1.82, 2.24) is 0 Å². The van der Waals surface area contributed by atoms with Crippen LogP contribution >= 0.6 is 0 Å². The SMILES string of the molecule is CCCCCCCC1CCC(c2ccc(CCCCC)c(F)c2F)CC1. The van der Waals surface area contributed by atoms with Crippen LogP contribution in [0.4, 0.5) is 8.78 Å². The molecule has 1 aliphatic carbocycles. The van der Waals surface area contributed by atoms with E-state index >= 15 is 0 Å². The lowest BCUT2D eigenvalue weighted by molar-refractivity contribution is 0.297. The summed E-state index contributed by atoms with van der Waals surface area (Å²) < 4.78 is 29.0. The summed E-state index contributed by atoms with van der Waals surface area (Å²) in [6.07, 6.45) is 16.2. The first-order chi connectivity index (χ1) is 12.7. The molecule has 0 bridgehead atoms. The molecule has 2 rings (SSSR count). The van der Waals surface area contributed by atoms with Gasteiger partial charge < -0.3 is 0 Å². The van der Waals surface area contributed by atoms with Crippen LogP contribution < -0.4 is 0 Å². The van der Waals surface area contributed by atoms with Crippen LogP contribution in [0.25, 0.3) is 0 Å². The van der Waals surface area contributed by atoms with Gasteiger partial charge in [-0.05, 0) is 61.5 Å². The summed E-state index contributed by atoms with van der Waals surface area (Å²) in [7, 11) is 0. The number of unbranched alkanes of at least 4 members (excludes halogenated alkanes) is 6. The topological polar surface area (TPSA) is 0 Å². The first-order valence-electron chi connectivity index (χ1n) is 11.1. The third kappa shape index (κ3) is 6.35. The van der Waals surface area contributed by atoms with E-state index in [1.54, 1.807) is 0 Å². The standard InChI is InChI=1S/C24H38F2/c1-3-5-7-8-10-11-19-13-15-20(16-14-19)22-18-17-21(12-9-6-4-2)23(25)24(22)26/h17-20H,3-16H2,1-2H3. The number of hydrogen-bond acceptors (Lipinski definition) is 0. The lowest BCUT2D eigenvalue weighted by Crippen LogP contribution is -2.15.